The smallest absolute Gasteiger partial charge is 0.123 e. The van der Waals surface area contributed by atoms with Crippen LogP contribution in [0, 0.1) is 0 Å². The molecule has 0 saturated carbocycles. The second kappa shape index (κ2) is 5.69. The normalized spacial score (nSPS) is 12.4. The van der Waals surface area contributed by atoms with E-state index in [0.29, 0.717) is 0 Å². The van der Waals surface area contributed by atoms with Crippen LogP contribution in [0.5, 0.6) is 0 Å². The van der Waals surface area contributed by atoms with Crippen molar-refractivity contribution in [2.24, 2.45) is 5.73 Å². The third-order valence-electron chi connectivity index (χ3n) is 3.00. The molecular formula is C14H19N3O. The van der Waals surface area contributed by atoms with E-state index in [2.05, 4.69) is 16.8 Å². The Kier molecular flexibility index (Phi) is 3.99. The molecule has 0 fully saturated rings. The van der Waals surface area contributed by atoms with Crippen LogP contribution in [-0.4, -0.2) is 12.0 Å². The van der Waals surface area contributed by atoms with Crippen molar-refractivity contribution in [3.8, 4) is 0 Å². The number of nitrogens with zero attached hydrogens (tertiary/aromatic N) is 2. The molecule has 2 rings (SSSR count). The summed E-state index contributed by atoms with van der Waals surface area (Å²) in [4.78, 5) is 6.49. The topological polar surface area (TPSA) is 55.3 Å². The maximum Gasteiger partial charge on any atom is 0.123 e. The highest BCUT2D eigenvalue weighted by Gasteiger charge is 2.07. The Balaban J connectivity index is 2.04. The van der Waals surface area contributed by atoms with Crippen molar-refractivity contribution in [2.45, 2.75) is 25.9 Å². The first-order chi connectivity index (χ1) is 8.70. The van der Waals surface area contributed by atoms with Crippen LogP contribution in [0.2, 0.25) is 0 Å². The lowest BCUT2D eigenvalue weighted by Gasteiger charge is -2.18. The second-order valence-corrected chi connectivity index (χ2v) is 4.39. The fraction of sp³-hybridized carbons (Fsp3) is 0.357. The van der Waals surface area contributed by atoms with E-state index in [1.165, 1.54) is 0 Å². The summed E-state index contributed by atoms with van der Waals surface area (Å²) in [7, 11) is 2.01. The molecular weight excluding hydrogens is 226 g/mol. The molecule has 0 aliphatic carbocycles. The van der Waals surface area contributed by atoms with E-state index in [4.69, 9.17) is 10.2 Å². The van der Waals surface area contributed by atoms with E-state index in [-0.39, 0.29) is 6.04 Å². The number of anilines is 1. The zero-order valence-corrected chi connectivity index (χ0v) is 10.8. The number of rotatable bonds is 5. The predicted octanol–water partition coefficient (Wildman–Crippen LogP) is 2.72. The Labute approximate surface area is 107 Å². The molecule has 2 heterocycles. The maximum absolute atomic E-state index is 5.94. The molecule has 4 nitrogen and oxygen atoms in total. The molecule has 2 N–H and O–H groups in total. The van der Waals surface area contributed by atoms with Crippen molar-refractivity contribution in [3.63, 3.8) is 0 Å². The van der Waals surface area contributed by atoms with Crippen molar-refractivity contribution < 1.29 is 4.42 Å². The molecule has 4 heteroatoms. The highest BCUT2D eigenvalue weighted by atomic mass is 16.3. The first kappa shape index (κ1) is 12.6. The molecule has 96 valence electrons. The molecule has 0 amide bonds. The minimum absolute atomic E-state index is 0.0226. The van der Waals surface area contributed by atoms with Crippen LogP contribution in [0.25, 0.3) is 0 Å². The van der Waals surface area contributed by atoms with E-state index < -0.39 is 0 Å². The van der Waals surface area contributed by atoms with E-state index >= 15 is 0 Å². The molecule has 0 spiro atoms. The van der Waals surface area contributed by atoms with Gasteiger partial charge in [-0.05, 0) is 30.7 Å². The van der Waals surface area contributed by atoms with Crippen LogP contribution in [0.4, 0.5) is 5.69 Å². The minimum atomic E-state index is 0.0226. The van der Waals surface area contributed by atoms with Crippen molar-refractivity contribution in [3.05, 3.63) is 48.2 Å². The zero-order chi connectivity index (χ0) is 13.0. The molecule has 0 aliphatic heterocycles. The van der Waals surface area contributed by atoms with Gasteiger partial charge in [-0.2, -0.15) is 0 Å². The fourth-order valence-electron chi connectivity index (χ4n) is 1.78. The third-order valence-corrected chi connectivity index (χ3v) is 3.00. The van der Waals surface area contributed by atoms with Gasteiger partial charge in [0.05, 0.1) is 30.4 Å². The summed E-state index contributed by atoms with van der Waals surface area (Å²) >= 11 is 0. The van der Waals surface area contributed by atoms with Gasteiger partial charge in [-0.3, -0.25) is 4.98 Å². The summed E-state index contributed by atoms with van der Waals surface area (Å²) in [5.41, 5.74) is 7.93. The molecule has 0 bridgehead atoms. The van der Waals surface area contributed by atoms with Gasteiger partial charge in [0, 0.05) is 13.1 Å². The van der Waals surface area contributed by atoms with Crippen LogP contribution in [0.15, 0.2) is 41.1 Å². The van der Waals surface area contributed by atoms with Gasteiger partial charge in [0.2, 0.25) is 0 Å². The Bertz CT molecular complexity index is 464. The number of hydrogen-bond acceptors (Lipinski definition) is 4. The maximum atomic E-state index is 5.94. The summed E-state index contributed by atoms with van der Waals surface area (Å²) in [5.74, 6) is 0.937. The summed E-state index contributed by atoms with van der Waals surface area (Å²) in [6, 6.07) is 7.91. The monoisotopic (exact) mass is 245 g/mol. The largest absolute Gasteiger partial charge is 0.467 e. The molecule has 2 aromatic rings. The second-order valence-electron chi connectivity index (χ2n) is 4.39. The van der Waals surface area contributed by atoms with Crippen LogP contribution >= 0.6 is 0 Å². The molecule has 0 aromatic carbocycles. The lowest BCUT2D eigenvalue weighted by molar-refractivity contribution is 0.507. The Morgan fingerprint density at radius 1 is 1.39 bits per heavy atom. The van der Waals surface area contributed by atoms with E-state index in [0.717, 1.165) is 30.1 Å². The number of furan rings is 1. The van der Waals surface area contributed by atoms with Gasteiger partial charge in [-0.1, -0.05) is 6.92 Å². The van der Waals surface area contributed by atoms with Crippen molar-refractivity contribution in [1.29, 1.82) is 0 Å². The highest BCUT2D eigenvalue weighted by molar-refractivity contribution is 5.44. The third kappa shape index (κ3) is 2.90. The predicted molar refractivity (Wildman–Crippen MR) is 72.3 cm³/mol. The Morgan fingerprint density at radius 2 is 2.22 bits per heavy atom. The Morgan fingerprint density at radius 3 is 2.78 bits per heavy atom. The van der Waals surface area contributed by atoms with E-state index in [1.807, 2.05) is 37.5 Å². The van der Waals surface area contributed by atoms with Gasteiger partial charge in [0.25, 0.3) is 0 Å². The average molecular weight is 245 g/mol. The van der Waals surface area contributed by atoms with E-state index in [9.17, 15) is 0 Å². The zero-order valence-electron chi connectivity index (χ0n) is 10.8. The standard InChI is InChI=1S/C14H19N3O/c1-3-13(15)14-7-6-11(9-16-14)17(2)10-12-5-4-8-18-12/h4-9,13H,3,10,15H2,1-2H3. The lowest BCUT2D eigenvalue weighted by atomic mass is 10.1. The van der Waals surface area contributed by atoms with Crippen LogP contribution < -0.4 is 10.6 Å². The first-order valence-corrected chi connectivity index (χ1v) is 6.15. The van der Waals surface area contributed by atoms with Crippen LogP contribution in [0.1, 0.15) is 30.8 Å². The molecule has 18 heavy (non-hydrogen) atoms. The first-order valence-electron chi connectivity index (χ1n) is 6.15. The number of nitrogens with two attached hydrogens (primary N) is 1. The van der Waals surface area contributed by atoms with Gasteiger partial charge in [0.1, 0.15) is 5.76 Å². The highest BCUT2D eigenvalue weighted by Crippen LogP contribution is 2.17. The average Bonchev–Trinajstić information content (AvgIpc) is 2.91. The van der Waals surface area contributed by atoms with Gasteiger partial charge in [-0.15, -0.1) is 0 Å². The summed E-state index contributed by atoms with van der Waals surface area (Å²) in [6.07, 6.45) is 4.44. The summed E-state index contributed by atoms with van der Waals surface area (Å²) < 4.78 is 5.32. The molecule has 0 saturated heterocycles. The number of aromatic nitrogens is 1. The molecule has 2 aromatic heterocycles. The van der Waals surface area contributed by atoms with E-state index in [1.54, 1.807) is 6.26 Å². The van der Waals surface area contributed by atoms with Crippen LogP contribution in [-0.2, 0) is 6.54 Å². The van der Waals surface area contributed by atoms with Crippen molar-refractivity contribution in [2.75, 3.05) is 11.9 Å². The fourth-order valence-corrected chi connectivity index (χ4v) is 1.78. The lowest BCUT2D eigenvalue weighted by Crippen LogP contribution is -2.17. The SMILES string of the molecule is CCC(N)c1ccc(N(C)Cc2ccco2)cn1. The molecule has 1 atom stereocenters. The van der Waals surface area contributed by atoms with Gasteiger partial charge in [-0.25, -0.2) is 0 Å². The van der Waals surface area contributed by atoms with Gasteiger partial charge < -0.3 is 15.1 Å². The number of hydrogen-bond donors (Lipinski definition) is 1. The Hall–Kier alpha value is -1.81. The van der Waals surface area contributed by atoms with Gasteiger partial charge in [0.15, 0.2) is 0 Å². The van der Waals surface area contributed by atoms with Gasteiger partial charge >= 0.3 is 0 Å². The molecule has 1 unspecified atom stereocenters. The quantitative estimate of drug-likeness (QED) is 0.880. The molecule has 0 aliphatic rings. The summed E-state index contributed by atoms with van der Waals surface area (Å²) in [6.45, 7) is 2.79. The van der Waals surface area contributed by atoms with Crippen molar-refractivity contribution >= 4 is 5.69 Å². The van der Waals surface area contributed by atoms with Crippen LogP contribution in [0.3, 0.4) is 0 Å². The number of pyridine rings is 1. The summed E-state index contributed by atoms with van der Waals surface area (Å²) in [5, 5.41) is 0. The molecule has 0 radical (unpaired) electrons. The minimum Gasteiger partial charge on any atom is -0.467 e. The van der Waals surface area contributed by atoms with Crippen molar-refractivity contribution in [1.82, 2.24) is 4.98 Å².